The van der Waals surface area contributed by atoms with Crippen molar-refractivity contribution in [3.8, 4) is 11.5 Å². The zero-order valence-corrected chi connectivity index (χ0v) is 15.2. The van der Waals surface area contributed by atoms with Gasteiger partial charge in [0, 0.05) is 18.3 Å². The second-order valence-electron chi connectivity index (χ2n) is 6.39. The number of rotatable bonds is 6. The molecule has 2 N–H and O–H groups in total. The maximum Gasteiger partial charge on any atom is 0.573 e. The van der Waals surface area contributed by atoms with Crippen molar-refractivity contribution in [2.24, 2.45) is 5.73 Å². The molecule has 1 aromatic carbocycles. The topological polar surface area (TPSA) is 94.8 Å². The van der Waals surface area contributed by atoms with E-state index in [4.69, 9.17) is 10.5 Å². The Morgan fingerprint density at radius 2 is 1.93 bits per heavy atom. The summed E-state index contributed by atoms with van der Waals surface area (Å²) < 4.78 is 46.3. The predicted octanol–water partition coefficient (Wildman–Crippen LogP) is 2.76. The highest BCUT2D eigenvalue weighted by Crippen LogP contribution is 2.25. The van der Waals surface area contributed by atoms with E-state index in [-0.39, 0.29) is 35.6 Å². The van der Waals surface area contributed by atoms with Crippen molar-refractivity contribution < 1.29 is 32.2 Å². The fraction of sp³-hybridized carbons (Fsp3) is 0.316. The average molecular weight is 409 g/mol. The van der Waals surface area contributed by atoms with E-state index in [2.05, 4.69) is 9.72 Å². The number of hydrogen-bond donors (Lipinski definition) is 1. The van der Waals surface area contributed by atoms with Gasteiger partial charge in [0.25, 0.3) is 11.8 Å². The van der Waals surface area contributed by atoms with Crippen molar-refractivity contribution in [3.63, 3.8) is 0 Å². The van der Waals surface area contributed by atoms with E-state index >= 15 is 0 Å². The number of nitrogens with two attached hydrogens (primary N) is 1. The monoisotopic (exact) mass is 409 g/mol. The van der Waals surface area contributed by atoms with Gasteiger partial charge in [-0.3, -0.25) is 9.59 Å². The summed E-state index contributed by atoms with van der Waals surface area (Å²) in [5.41, 5.74) is 5.52. The molecule has 1 fully saturated rings. The molecule has 0 spiro atoms. The molecule has 2 aromatic rings. The quantitative estimate of drug-likeness (QED) is 0.792. The van der Waals surface area contributed by atoms with Crippen LogP contribution < -0.4 is 15.2 Å². The number of ether oxygens (including phenoxy) is 2. The number of amides is 2. The van der Waals surface area contributed by atoms with E-state index in [9.17, 15) is 22.8 Å². The highest BCUT2D eigenvalue weighted by molar-refractivity contribution is 5.95. The van der Waals surface area contributed by atoms with Crippen LogP contribution in [0.15, 0.2) is 42.6 Å². The number of carbonyl (C=O) groups is 2. The van der Waals surface area contributed by atoms with Crippen molar-refractivity contribution in [1.29, 1.82) is 0 Å². The SMILES string of the molecule is NC(=O)c1ncccc1OCC1CCCN1C(=O)c1ccc(OC(F)(F)F)cc1. The van der Waals surface area contributed by atoms with Crippen LogP contribution in [0.3, 0.4) is 0 Å². The third-order valence-corrected chi connectivity index (χ3v) is 4.41. The van der Waals surface area contributed by atoms with Gasteiger partial charge >= 0.3 is 6.36 Å². The van der Waals surface area contributed by atoms with E-state index in [0.29, 0.717) is 13.0 Å². The maximum absolute atomic E-state index is 12.8. The number of benzene rings is 1. The lowest BCUT2D eigenvalue weighted by Crippen LogP contribution is -2.39. The standard InChI is InChI=1S/C19H18F3N3O4/c20-19(21,22)29-14-7-5-12(6-8-14)18(27)25-10-2-3-13(25)11-28-15-4-1-9-24-16(15)17(23)26/h1,4-9,13H,2-3,10-11H2,(H2,23,26). The first-order chi connectivity index (χ1) is 13.7. The molecule has 1 unspecified atom stereocenters. The smallest absolute Gasteiger partial charge is 0.489 e. The van der Waals surface area contributed by atoms with Gasteiger partial charge in [0.15, 0.2) is 11.4 Å². The molecule has 1 aromatic heterocycles. The number of pyridine rings is 1. The Morgan fingerprint density at radius 1 is 1.21 bits per heavy atom. The van der Waals surface area contributed by atoms with Crippen LogP contribution in [-0.4, -0.2) is 47.3 Å². The second kappa shape index (κ2) is 8.38. The van der Waals surface area contributed by atoms with Crippen LogP contribution in [0.25, 0.3) is 0 Å². The fourth-order valence-corrected chi connectivity index (χ4v) is 3.12. The van der Waals surface area contributed by atoms with E-state index in [0.717, 1.165) is 18.6 Å². The number of primary amides is 1. The third-order valence-electron chi connectivity index (χ3n) is 4.41. The van der Waals surface area contributed by atoms with Crippen LogP contribution >= 0.6 is 0 Å². The first-order valence-electron chi connectivity index (χ1n) is 8.79. The Morgan fingerprint density at radius 3 is 2.59 bits per heavy atom. The highest BCUT2D eigenvalue weighted by atomic mass is 19.4. The fourth-order valence-electron chi connectivity index (χ4n) is 3.12. The Labute approximate surface area is 164 Å². The van der Waals surface area contributed by atoms with Gasteiger partial charge in [0.05, 0.1) is 6.04 Å². The minimum absolute atomic E-state index is 0.00336. The zero-order chi connectivity index (χ0) is 21.0. The number of hydrogen-bond acceptors (Lipinski definition) is 5. The molecule has 2 heterocycles. The van der Waals surface area contributed by atoms with Crippen LogP contribution in [0.1, 0.15) is 33.7 Å². The molecule has 0 aliphatic carbocycles. The molecule has 0 saturated carbocycles. The van der Waals surface area contributed by atoms with Crippen LogP contribution in [-0.2, 0) is 0 Å². The van der Waals surface area contributed by atoms with Crippen molar-refractivity contribution in [2.45, 2.75) is 25.2 Å². The lowest BCUT2D eigenvalue weighted by Gasteiger charge is -2.25. The molecule has 0 radical (unpaired) electrons. The Kier molecular flexibility index (Phi) is 5.90. The van der Waals surface area contributed by atoms with Crippen LogP contribution in [0.5, 0.6) is 11.5 Å². The molecular weight excluding hydrogens is 391 g/mol. The van der Waals surface area contributed by atoms with Gasteiger partial charge in [-0.05, 0) is 49.2 Å². The summed E-state index contributed by atoms with van der Waals surface area (Å²) in [5, 5.41) is 0. The molecule has 10 heteroatoms. The maximum atomic E-state index is 12.8. The molecule has 2 amide bonds. The summed E-state index contributed by atoms with van der Waals surface area (Å²) in [6, 6.07) is 7.67. The van der Waals surface area contributed by atoms with Crippen LogP contribution in [0.4, 0.5) is 13.2 Å². The molecule has 29 heavy (non-hydrogen) atoms. The van der Waals surface area contributed by atoms with Crippen molar-refractivity contribution in [1.82, 2.24) is 9.88 Å². The summed E-state index contributed by atoms with van der Waals surface area (Å²) in [7, 11) is 0. The van der Waals surface area contributed by atoms with E-state index < -0.39 is 18.0 Å². The van der Waals surface area contributed by atoms with Gasteiger partial charge < -0.3 is 20.1 Å². The second-order valence-corrected chi connectivity index (χ2v) is 6.39. The normalized spacial score (nSPS) is 16.5. The summed E-state index contributed by atoms with van der Waals surface area (Å²) in [5.74, 6) is -1.21. The molecular formula is C19H18F3N3O4. The van der Waals surface area contributed by atoms with E-state index in [1.165, 1.54) is 18.3 Å². The predicted molar refractivity (Wildman–Crippen MR) is 95.4 cm³/mol. The lowest BCUT2D eigenvalue weighted by atomic mass is 10.1. The minimum atomic E-state index is -4.79. The molecule has 1 saturated heterocycles. The Bertz CT molecular complexity index is 887. The highest BCUT2D eigenvalue weighted by Gasteiger charge is 2.32. The molecule has 154 valence electrons. The minimum Gasteiger partial charge on any atom is -0.489 e. The average Bonchev–Trinajstić information content (AvgIpc) is 3.14. The van der Waals surface area contributed by atoms with Gasteiger partial charge in [-0.25, -0.2) is 4.98 Å². The third kappa shape index (κ3) is 5.15. The van der Waals surface area contributed by atoms with Gasteiger partial charge in [0.1, 0.15) is 12.4 Å². The molecule has 7 nitrogen and oxygen atoms in total. The number of nitrogens with zero attached hydrogens (tertiary/aromatic N) is 2. The summed E-state index contributed by atoms with van der Waals surface area (Å²) in [4.78, 5) is 29.7. The molecule has 3 rings (SSSR count). The van der Waals surface area contributed by atoms with E-state index in [1.54, 1.807) is 17.0 Å². The van der Waals surface area contributed by atoms with Gasteiger partial charge in [-0.1, -0.05) is 0 Å². The largest absolute Gasteiger partial charge is 0.573 e. The molecule has 0 bridgehead atoms. The lowest BCUT2D eigenvalue weighted by molar-refractivity contribution is -0.274. The van der Waals surface area contributed by atoms with Gasteiger partial charge in [-0.15, -0.1) is 13.2 Å². The van der Waals surface area contributed by atoms with Crippen molar-refractivity contribution in [3.05, 3.63) is 53.9 Å². The first-order valence-corrected chi connectivity index (χ1v) is 8.79. The van der Waals surface area contributed by atoms with E-state index in [1.807, 2.05) is 0 Å². The number of alkyl halides is 3. The Hall–Kier alpha value is -3.30. The number of halogens is 3. The van der Waals surface area contributed by atoms with Crippen molar-refractivity contribution >= 4 is 11.8 Å². The summed E-state index contributed by atoms with van der Waals surface area (Å²) in [6.45, 7) is 0.621. The molecule has 1 aliphatic rings. The van der Waals surface area contributed by atoms with Gasteiger partial charge in [-0.2, -0.15) is 0 Å². The molecule has 1 aliphatic heterocycles. The zero-order valence-electron chi connectivity index (χ0n) is 15.2. The van der Waals surface area contributed by atoms with Crippen molar-refractivity contribution in [2.75, 3.05) is 13.2 Å². The number of likely N-dealkylation sites (tertiary alicyclic amines) is 1. The first kappa shape index (κ1) is 20.4. The van der Waals surface area contributed by atoms with Crippen LogP contribution in [0.2, 0.25) is 0 Å². The summed E-state index contributed by atoms with van der Waals surface area (Å²) in [6.07, 6.45) is -1.93. The van der Waals surface area contributed by atoms with Gasteiger partial charge in [0.2, 0.25) is 0 Å². The molecule has 1 atom stereocenters. The number of carbonyl (C=O) groups excluding carboxylic acids is 2. The van der Waals surface area contributed by atoms with Crippen LogP contribution in [0, 0.1) is 0 Å². The number of aromatic nitrogens is 1. The summed E-state index contributed by atoms with van der Waals surface area (Å²) >= 11 is 0. The Balaban J connectivity index is 1.66.